The fourth-order valence-electron chi connectivity index (χ4n) is 3.10. The Morgan fingerprint density at radius 3 is 2.60 bits per heavy atom. The Balaban J connectivity index is 1.73. The van der Waals surface area contributed by atoms with Gasteiger partial charge in [0.1, 0.15) is 5.82 Å². The van der Waals surface area contributed by atoms with Gasteiger partial charge in [-0.25, -0.2) is 14.4 Å². The molecule has 4 rings (SSSR count). The van der Waals surface area contributed by atoms with E-state index >= 15 is 0 Å². The minimum absolute atomic E-state index is 0.284. The maximum Gasteiger partial charge on any atom is 0.286 e. The molecule has 0 radical (unpaired) electrons. The maximum atomic E-state index is 13.4. The zero-order chi connectivity index (χ0) is 21.3. The molecule has 2 aromatic heterocycles. The van der Waals surface area contributed by atoms with Gasteiger partial charge in [-0.1, -0.05) is 41.0 Å². The molecule has 0 spiro atoms. The van der Waals surface area contributed by atoms with E-state index in [1.165, 1.54) is 28.5 Å². The van der Waals surface area contributed by atoms with Crippen LogP contribution < -0.4 is 5.56 Å². The molecule has 30 heavy (non-hydrogen) atoms. The largest absolute Gasteiger partial charge is 0.315 e. The Bertz CT molecular complexity index is 1270. The molecule has 0 saturated heterocycles. The van der Waals surface area contributed by atoms with Crippen molar-refractivity contribution in [2.24, 2.45) is 0 Å². The SMILES string of the molecule is CCn1cnc2c(=O)n(-c3ccc(F)cc3)c(SCCc3ccc(Cl)cc3Cl)nc21. The number of nitrogens with zero attached hydrogens (tertiary/aromatic N) is 4. The molecule has 9 heteroatoms. The number of imidazole rings is 1. The summed E-state index contributed by atoms with van der Waals surface area (Å²) in [6.07, 6.45) is 2.28. The van der Waals surface area contributed by atoms with Gasteiger partial charge in [0, 0.05) is 22.3 Å². The van der Waals surface area contributed by atoms with E-state index in [4.69, 9.17) is 28.2 Å². The van der Waals surface area contributed by atoms with Gasteiger partial charge >= 0.3 is 0 Å². The summed E-state index contributed by atoms with van der Waals surface area (Å²) in [5.41, 5.74) is 2.03. The Morgan fingerprint density at radius 1 is 1.13 bits per heavy atom. The molecule has 0 aliphatic carbocycles. The van der Waals surface area contributed by atoms with Gasteiger partial charge in [-0.2, -0.15) is 0 Å². The number of rotatable bonds is 6. The van der Waals surface area contributed by atoms with Crippen molar-refractivity contribution in [2.45, 2.75) is 25.0 Å². The lowest BCUT2D eigenvalue weighted by molar-refractivity contribution is 0.626. The molecular formula is C21H17Cl2FN4OS. The molecule has 0 atom stereocenters. The van der Waals surface area contributed by atoms with Crippen LogP contribution in [0.5, 0.6) is 0 Å². The van der Waals surface area contributed by atoms with Gasteiger partial charge in [0.25, 0.3) is 5.56 Å². The standard InChI is InChI=1S/C21H17Cl2FN4OS/c1-2-27-12-25-18-19(27)26-21(28(20(18)29)16-7-5-15(24)6-8-16)30-10-9-13-3-4-14(22)11-17(13)23/h3-8,11-12H,2,9-10H2,1H3. The predicted octanol–water partition coefficient (Wildman–Crippen LogP) is 5.38. The monoisotopic (exact) mass is 462 g/mol. The molecule has 0 N–H and O–H groups in total. The van der Waals surface area contributed by atoms with Crippen molar-refractivity contribution in [3.63, 3.8) is 0 Å². The second-order valence-electron chi connectivity index (χ2n) is 6.55. The number of halogens is 3. The summed E-state index contributed by atoms with van der Waals surface area (Å²) in [4.78, 5) is 22.1. The van der Waals surface area contributed by atoms with Gasteiger partial charge in [0.15, 0.2) is 16.3 Å². The number of benzene rings is 2. The smallest absolute Gasteiger partial charge is 0.286 e. The lowest BCUT2D eigenvalue weighted by Gasteiger charge is -2.13. The quantitative estimate of drug-likeness (QED) is 0.285. The molecule has 0 amide bonds. The fraction of sp³-hybridized carbons (Fsp3) is 0.190. The first-order chi connectivity index (χ1) is 14.5. The van der Waals surface area contributed by atoms with Crippen molar-refractivity contribution < 1.29 is 4.39 Å². The molecule has 0 unspecified atom stereocenters. The van der Waals surface area contributed by atoms with Gasteiger partial charge in [-0.05, 0) is 55.3 Å². The average Bonchev–Trinajstić information content (AvgIpc) is 3.14. The summed E-state index contributed by atoms with van der Waals surface area (Å²) in [6, 6.07) is 11.1. The van der Waals surface area contributed by atoms with E-state index in [2.05, 4.69) is 4.98 Å². The Hall–Kier alpha value is -2.35. The van der Waals surface area contributed by atoms with Crippen LogP contribution in [0.25, 0.3) is 16.9 Å². The predicted molar refractivity (Wildman–Crippen MR) is 120 cm³/mol. The molecule has 0 saturated carbocycles. The summed E-state index contributed by atoms with van der Waals surface area (Å²) >= 11 is 13.7. The van der Waals surface area contributed by atoms with Crippen molar-refractivity contribution in [1.29, 1.82) is 0 Å². The van der Waals surface area contributed by atoms with Crippen LogP contribution in [-0.4, -0.2) is 24.9 Å². The minimum atomic E-state index is -0.373. The Kier molecular flexibility index (Phi) is 6.13. The molecule has 2 heterocycles. The summed E-state index contributed by atoms with van der Waals surface area (Å²) in [5, 5.41) is 1.70. The molecule has 5 nitrogen and oxygen atoms in total. The van der Waals surface area contributed by atoms with Crippen LogP contribution in [-0.2, 0) is 13.0 Å². The molecule has 154 valence electrons. The third-order valence-electron chi connectivity index (χ3n) is 4.65. The molecule has 2 aromatic carbocycles. The maximum absolute atomic E-state index is 13.4. The topological polar surface area (TPSA) is 52.7 Å². The van der Waals surface area contributed by atoms with Gasteiger partial charge < -0.3 is 4.57 Å². The second kappa shape index (κ2) is 8.79. The number of hydrogen-bond acceptors (Lipinski definition) is 4. The number of aromatic nitrogens is 4. The summed E-state index contributed by atoms with van der Waals surface area (Å²) in [6.45, 7) is 2.61. The van der Waals surface area contributed by atoms with Crippen molar-refractivity contribution in [3.05, 3.63) is 80.6 Å². The van der Waals surface area contributed by atoms with Crippen molar-refractivity contribution >= 4 is 46.1 Å². The van der Waals surface area contributed by atoms with Crippen LogP contribution in [0, 0.1) is 5.82 Å². The Labute approximate surface area is 186 Å². The molecule has 0 aliphatic heterocycles. The first kappa shape index (κ1) is 20.9. The van der Waals surface area contributed by atoms with Gasteiger partial charge in [-0.15, -0.1) is 0 Å². The summed E-state index contributed by atoms with van der Waals surface area (Å²) < 4.78 is 16.7. The normalized spacial score (nSPS) is 11.3. The lowest BCUT2D eigenvalue weighted by Crippen LogP contribution is -2.22. The fourth-order valence-corrected chi connectivity index (χ4v) is 4.58. The third-order valence-corrected chi connectivity index (χ3v) is 6.18. The first-order valence-corrected chi connectivity index (χ1v) is 11.0. The van der Waals surface area contributed by atoms with Crippen LogP contribution in [0.4, 0.5) is 4.39 Å². The van der Waals surface area contributed by atoms with Crippen LogP contribution in [0.1, 0.15) is 12.5 Å². The van der Waals surface area contributed by atoms with E-state index in [0.717, 1.165) is 5.56 Å². The van der Waals surface area contributed by atoms with Gasteiger partial charge in [0.2, 0.25) is 0 Å². The molecule has 4 aromatic rings. The minimum Gasteiger partial charge on any atom is -0.315 e. The third kappa shape index (κ3) is 4.10. The molecule has 0 fully saturated rings. The first-order valence-electron chi connectivity index (χ1n) is 9.28. The van der Waals surface area contributed by atoms with E-state index in [1.807, 2.05) is 17.6 Å². The van der Waals surface area contributed by atoms with Crippen LogP contribution in [0.15, 0.2) is 58.7 Å². The van der Waals surface area contributed by atoms with Crippen LogP contribution in [0.2, 0.25) is 10.0 Å². The molecule has 0 bridgehead atoms. The van der Waals surface area contributed by atoms with E-state index in [-0.39, 0.29) is 16.9 Å². The lowest BCUT2D eigenvalue weighted by atomic mass is 10.2. The number of thioether (sulfide) groups is 1. The van der Waals surface area contributed by atoms with Crippen molar-refractivity contribution in [1.82, 2.24) is 19.1 Å². The molecule has 0 aliphatic rings. The zero-order valence-electron chi connectivity index (χ0n) is 16.0. The van der Waals surface area contributed by atoms with Crippen molar-refractivity contribution in [2.75, 3.05) is 5.75 Å². The van der Waals surface area contributed by atoms with E-state index in [9.17, 15) is 9.18 Å². The number of aryl methyl sites for hydroxylation is 2. The van der Waals surface area contributed by atoms with Crippen LogP contribution in [0.3, 0.4) is 0 Å². The van der Waals surface area contributed by atoms with Crippen molar-refractivity contribution in [3.8, 4) is 5.69 Å². The van der Waals surface area contributed by atoms with E-state index < -0.39 is 0 Å². The highest BCUT2D eigenvalue weighted by Crippen LogP contribution is 2.25. The Morgan fingerprint density at radius 2 is 1.90 bits per heavy atom. The van der Waals surface area contributed by atoms with E-state index in [1.54, 1.807) is 30.6 Å². The van der Waals surface area contributed by atoms with Gasteiger partial charge in [0.05, 0.1) is 12.0 Å². The van der Waals surface area contributed by atoms with Gasteiger partial charge in [-0.3, -0.25) is 9.36 Å². The number of hydrogen-bond donors (Lipinski definition) is 0. The summed E-state index contributed by atoms with van der Waals surface area (Å²) in [7, 11) is 0. The number of fused-ring (bicyclic) bond motifs is 1. The van der Waals surface area contributed by atoms with Crippen LogP contribution >= 0.6 is 35.0 Å². The highest BCUT2D eigenvalue weighted by atomic mass is 35.5. The van der Waals surface area contributed by atoms with E-state index in [0.29, 0.717) is 45.3 Å². The zero-order valence-corrected chi connectivity index (χ0v) is 18.3. The summed E-state index contributed by atoms with van der Waals surface area (Å²) in [5.74, 6) is 0.267. The molecular weight excluding hydrogens is 446 g/mol. The highest BCUT2D eigenvalue weighted by Gasteiger charge is 2.17. The average molecular weight is 463 g/mol. The highest BCUT2D eigenvalue weighted by molar-refractivity contribution is 7.99. The second-order valence-corrected chi connectivity index (χ2v) is 8.45.